The molecule has 0 aliphatic heterocycles. The minimum absolute atomic E-state index is 0.892. The van der Waals surface area contributed by atoms with Gasteiger partial charge in [0.25, 0.3) is 0 Å². The highest BCUT2D eigenvalue weighted by Crippen LogP contribution is 2.18. The van der Waals surface area contributed by atoms with Crippen LogP contribution >= 0.6 is 0 Å². The standard InChI is InChI=1S/C15H15N/c1-2-3-6-11-16-15-10-9-13-7-4-5-8-14(13)12-15/h4-5,7-10,12,16H,6,11H2,1H3. The van der Waals surface area contributed by atoms with Crippen LogP contribution in [0.4, 0.5) is 5.69 Å². The number of nitrogens with one attached hydrogen (secondary N) is 1. The molecule has 0 radical (unpaired) electrons. The van der Waals surface area contributed by atoms with Gasteiger partial charge in [-0.15, -0.1) is 11.8 Å². The van der Waals surface area contributed by atoms with Crippen LogP contribution in [0, 0.1) is 11.8 Å². The minimum Gasteiger partial charge on any atom is -0.384 e. The first-order valence-electron chi connectivity index (χ1n) is 5.52. The van der Waals surface area contributed by atoms with E-state index in [1.54, 1.807) is 0 Å². The van der Waals surface area contributed by atoms with Gasteiger partial charge in [-0.25, -0.2) is 0 Å². The van der Waals surface area contributed by atoms with Crippen LogP contribution in [0.15, 0.2) is 42.5 Å². The van der Waals surface area contributed by atoms with E-state index in [1.807, 2.05) is 6.92 Å². The summed E-state index contributed by atoms with van der Waals surface area (Å²) in [6.07, 6.45) is 0.892. The SMILES string of the molecule is CC#CCCNc1ccc2ccccc2c1. The summed E-state index contributed by atoms with van der Waals surface area (Å²) in [6, 6.07) is 14.8. The molecular formula is C15H15N. The molecule has 0 aromatic heterocycles. The molecule has 0 amide bonds. The van der Waals surface area contributed by atoms with Gasteiger partial charge in [0.2, 0.25) is 0 Å². The van der Waals surface area contributed by atoms with Crippen LogP contribution in [0.1, 0.15) is 13.3 Å². The van der Waals surface area contributed by atoms with Crippen molar-refractivity contribution >= 4 is 16.5 Å². The van der Waals surface area contributed by atoms with Gasteiger partial charge in [-0.2, -0.15) is 0 Å². The summed E-state index contributed by atoms with van der Waals surface area (Å²) in [6.45, 7) is 2.77. The maximum Gasteiger partial charge on any atom is 0.0346 e. The fraction of sp³-hybridized carbons (Fsp3) is 0.200. The topological polar surface area (TPSA) is 12.0 Å². The molecule has 0 spiro atoms. The monoisotopic (exact) mass is 209 g/mol. The van der Waals surface area contributed by atoms with Crippen molar-refractivity contribution in [2.24, 2.45) is 0 Å². The normalized spacial score (nSPS) is 9.56. The fourth-order valence-electron chi connectivity index (χ4n) is 1.69. The first kappa shape index (κ1) is 10.6. The molecule has 2 rings (SSSR count). The Morgan fingerprint density at radius 2 is 1.88 bits per heavy atom. The van der Waals surface area contributed by atoms with Crippen LogP contribution in [-0.2, 0) is 0 Å². The molecule has 0 saturated heterocycles. The van der Waals surface area contributed by atoms with E-state index in [-0.39, 0.29) is 0 Å². The molecule has 16 heavy (non-hydrogen) atoms. The van der Waals surface area contributed by atoms with Gasteiger partial charge in [0.15, 0.2) is 0 Å². The van der Waals surface area contributed by atoms with E-state index in [0.29, 0.717) is 0 Å². The zero-order valence-corrected chi connectivity index (χ0v) is 9.46. The van der Waals surface area contributed by atoms with E-state index in [4.69, 9.17) is 0 Å². The Morgan fingerprint density at radius 1 is 1.06 bits per heavy atom. The fourth-order valence-corrected chi connectivity index (χ4v) is 1.69. The smallest absolute Gasteiger partial charge is 0.0346 e. The molecule has 1 nitrogen and oxygen atoms in total. The van der Waals surface area contributed by atoms with Crippen LogP contribution in [0.5, 0.6) is 0 Å². The summed E-state index contributed by atoms with van der Waals surface area (Å²) in [5.41, 5.74) is 1.16. The summed E-state index contributed by atoms with van der Waals surface area (Å²) in [4.78, 5) is 0. The van der Waals surface area contributed by atoms with E-state index in [2.05, 4.69) is 59.6 Å². The second-order valence-corrected chi connectivity index (χ2v) is 3.67. The van der Waals surface area contributed by atoms with Gasteiger partial charge >= 0.3 is 0 Å². The third kappa shape index (κ3) is 2.55. The third-order valence-corrected chi connectivity index (χ3v) is 2.51. The average Bonchev–Trinajstić information content (AvgIpc) is 2.34. The van der Waals surface area contributed by atoms with Crippen LogP contribution in [0.3, 0.4) is 0 Å². The molecule has 0 heterocycles. The highest BCUT2D eigenvalue weighted by Gasteiger charge is 1.94. The molecule has 0 unspecified atom stereocenters. The van der Waals surface area contributed by atoms with Gasteiger partial charge < -0.3 is 5.32 Å². The Balaban J connectivity index is 2.09. The molecular weight excluding hydrogens is 194 g/mol. The minimum atomic E-state index is 0.892. The van der Waals surface area contributed by atoms with Crippen molar-refractivity contribution in [2.75, 3.05) is 11.9 Å². The van der Waals surface area contributed by atoms with E-state index >= 15 is 0 Å². The summed E-state index contributed by atoms with van der Waals surface area (Å²) in [7, 11) is 0. The molecule has 0 atom stereocenters. The first-order chi connectivity index (χ1) is 7.90. The molecule has 80 valence electrons. The Bertz CT molecular complexity index is 532. The molecule has 0 fully saturated rings. The molecule has 0 saturated carbocycles. The van der Waals surface area contributed by atoms with Crippen LogP contribution < -0.4 is 5.32 Å². The van der Waals surface area contributed by atoms with E-state index in [0.717, 1.165) is 18.7 Å². The zero-order valence-electron chi connectivity index (χ0n) is 9.46. The molecule has 2 aromatic rings. The quantitative estimate of drug-likeness (QED) is 0.601. The highest BCUT2D eigenvalue weighted by atomic mass is 14.9. The molecule has 1 N–H and O–H groups in total. The number of benzene rings is 2. The molecule has 0 bridgehead atoms. The first-order valence-corrected chi connectivity index (χ1v) is 5.52. The van der Waals surface area contributed by atoms with Crippen LogP contribution in [0.2, 0.25) is 0 Å². The van der Waals surface area contributed by atoms with E-state index < -0.39 is 0 Å². The number of fused-ring (bicyclic) bond motifs is 1. The van der Waals surface area contributed by atoms with Crippen molar-refractivity contribution in [3.63, 3.8) is 0 Å². The van der Waals surface area contributed by atoms with Crippen molar-refractivity contribution in [3.8, 4) is 11.8 Å². The van der Waals surface area contributed by atoms with Crippen molar-refractivity contribution in [1.82, 2.24) is 0 Å². The lowest BCUT2D eigenvalue weighted by Crippen LogP contribution is -1.99. The second kappa shape index (κ2) is 5.23. The lowest BCUT2D eigenvalue weighted by molar-refractivity contribution is 1.10. The predicted molar refractivity (Wildman–Crippen MR) is 70.5 cm³/mol. The lowest BCUT2D eigenvalue weighted by atomic mass is 10.1. The van der Waals surface area contributed by atoms with Crippen molar-refractivity contribution in [2.45, 2.75) is 13.3 Å². The van der Waals surface area contributed by atoms with Crippen molar-refractivity contribution in [3.05, 3.63) is 42.5 Å². The van der Waals surface area contributed by atoms with E-state index in [1.165, 1.54) is 10.8 Å². The van der Waals surface area contributed by atoms with Crippen LogP contribution in [0.25, 0.3) is 10.8 Å². The van der Waals surface area contributed by atoms with Crippen molar-refractivity contribution < 1.29 is 0 Å². The lowest BCUT2D eigenvalue weighted by Gasteiger charge is -2.05. The molecule has 1 heteroatoms. The second-order valence-electron chi connectivity index (χ2n) is 3.67. The highest BCUT2D eigenvalue weighted by molar-refractivity contribution is 5.85. The average molecular weight is 209 g/mol. The summed E-state index contributed by atoms with van der Waals surface area (Å²) in [5, 5.41) is 5.92. The van der Waals surface area contributed by atoms with Crippen LogP contribution in [-0.4, -0.2) is 6.54 Å². The Hall–Kier alpha value is -1.94. The summed E-state index contributed by atoms with van der Waals surface area (Å²) < 4.78 is 0. The summed E-state index contributed by atoms with van der Waals surface area (Å²) >= 11 is 0. The van der Waals surface area contributed by atoms with Gasteiger partial charge in [0, 0.05) is 18.7 Å². The number of hydrogen-bond donors (Lipinski definition) is 1. The van der Waals surface area contributed by atoms with Gasteiger partial charge in [-0.05, 0) is 29.8 Å². The number of anilines is 1. The number of hydrogen-bond acceptors (Lipinski definition) is 1. The van der Waals surface area contributed by atoms with E-state index in [9.17, 15) is 0 Å². The molecule has 0 aliphatic rings. The Kier molecular flexibility index (Phi) is 3.46. The van der Waals surface area contributed by atoms with Gasteiger partial charge in [-0.3, -0.25) is 0 Å². The third-order valence-electron chi connectivity index (χ3n) is 2.51. The largest absolute Gasteiger partial charge is 0.384 e. The molecule has 2 aromatic carbocycles. The Morgan fingerprint density at radius 3 is 2.69 bits per heavy atom. The predicted octanol–water partition coefficient (Wildman–Crippen LogP) is 3.67. The van der Waals surface area contributed by atoms with Gasteiger partial charge in [-0.1, -0.05) is 30.3 Å². The van der Waals surface area contributed by atoms with Crippen molar-refractivity contribution in [1.29, 1.82) is 0 Å². The zero-order chi connectivity index (χ0) is 11.2. The van der Waals surface area contributed by atoms with Gasteiger partial charge in [0.05, 0.1) is 0 Å². The summed E-state index contributed by atoms with van der Waals surface area (Å²) in [5.74, 6) is 5.94. The Labute approximate surface area is 96.5 Å². The maximum atomic E-state index is 3.37. The van der Waals surface area contributed by atoms with Gasteiger partial charge in [0.1, 0.15) is 0 Å². The molecule has 0 aliphatic carbocycles. The number of rotatable bonds is 3. The maximum absolute atomic E-state index is 3.37.